The van der Waals surface area contributed by atoms with Crippen molar-refractivity contribution in [1.29, 1.82) is 5.26 Å². The zero-order chi connectivity index (χ0) is 25.2. The van der Waals surface area contributed by atoms with Crippen LogP contribution in [0.1, 0.15) is 21.8 Å². The molecule has 11 heteroatoms. The molecule has 0 saturated heterocycles. The monoisotopic (exact) mass is 545 g/mol. The molecule has 0 spiro atoms. The van der Waals surface area contributed by atoms with E-state index in [1.165, 1.54) is 6.07 Å². The number of carboxylic acid groups (broad SMARTS) is 1. The van der Waals surface area contributed by atoms with E-state index in [0.717, 1.165) is 25.2 Å². The first kappa shape index (κ1) is 24.8. The van der Waals surface area contributed by atoms with Crippen LogP contribution in [0.25, 0.3) is 0 Å². The number of hydrogen-bond acceptors (Lipinski definition) is 8. The maximum atomic E-state index is 13.1. The molecule has 1 atom stereocenters. The van der Waals surface area contributed by atoms with E-state index in [4.69, 9.17) is 26.8 Å². The minimum atomic E-state index is -1.24. The summed E-state index contributed by atoms with van der Waals surface area (Å²) in [6, 6.07) is 12.9. The van der Waals surface area contributed by atoms with Gasteiger partial charge in [0.15, 0.2) is 0 Å². The predicted octanol–water partition coefficient (Wildman–Crippen LogP) is 3.70. The minimum absolute atomic E-state index is 0.0326. The Morgan fingerprint density at radius 1 is 1.15 bits per heavy atom. The number of methoxy groups -OCH3 is 2. The van der Waals surface area contributed by atoms with E-state index >= 15 is 0 Å². The Balaban J connectivity index is 2.47. The summed E-state index contributed by atoms with van der Waals surface area (Å²) in [4.78, 5) is 38.6. The number of nitriles is 1. The summed E-state index contributed by atoms with van der Waals surface area (Å²) in [5.74, 6) is -4.33. The maximum absolute atomic E-state index is 13.1. The second-order valence-corrected chi connectivity index (χ2v) is 8.19. The summed E-state index contributed by atoms with van der Waals surface area (Å²) < 4.78 is 10.1. The molecule has 1 aliphatic rings. The number of anilines is 1. The highest BCUT2D eigenvalue weighted by Crippen LogP contribution is 2.47. The van der Waals surface area contributed by atoms with Crippen LogP contribution in [0.3, 0.4) is 0 Å². The fourth-order valence-electron chi connectivity index (χ4n) is 3.65. The molecule has 0 radical (unpaired) electrons. The SMILES string of the molecule is COC(=O)C1=C(C(=O)OC)N(c2c(Cl)cc(C(=O)O)cc2Br)C(N)=C(C#N)C1c1ccccc1. The van der Waals surface area contributed by atoms with Gasteiger partial charge in [0.25, 0.3) is 0 Å². The van der Waals surface area contributed by atoms with Crippen LogP contribution in [0.4, 0.5) is 5.69 Å². The summed E-state index contributed by atoms with van der Waals surface area (Å²) in [7, 11) is 2.25. The van der Waals surface area contributed by atoms with Crippen LogP contribution >= 0.6 is 27.5 Å². The number of aromatic carboxylic acids is 1. The Labute approximate surface area is 207 Å². The van der Waals surface area contributed by atoms with Crippen LogP contribution in [0.15, 0.2) is 69.6 Å². The summed E-state index contributed by atoms with van der Waals surface area (Å²) in [6.07, 6.45) is 0. The molecule has 0 aliphatic carbocycles. The molecule has 0 aromatic heterocycles. The van der Waals surface area contributed by atoms with Gasteiger partial charge in [-0.3, -0.25) is 4.90 Å². The van der Waals surface area contributed by atoms with Crippen LogP contribution < -0.4 is 10.6 Å². The molecule has 1 unspecified atom stereocenters. The normalized spacial score (nSPS) is 15.6. The maximum Gasteiger partial charge on any atom is 0.355 e. The molecule has 0 saturated carbocycles. The smallest absolute Gasteiger partial charge is 0.355 e. The minimum Gasteiger partial charge on any atom is -0.478 e. The number of esters is 2. The molecule has 0 fully saturated rings. The highest BCUT2D eigenvalue weighted by molar-refractivity contribution is 9.10. The number of halogens is 2. The molecule has 1 aliphatic heterocycles. The molecular weight excluding hydrogens is 530 g/mol. The summed E-state index contributed by atoms with van der Waals surface area (Å²) >= 11 is 9.67. The van der Waals surface area contributed by atoms with E-state index in [0.29, 0.717) is 5.56 Å². The van der Waals surface area contributed by atoms with Gasteiger partial charge < -0.3 is 20.3 Å². The van der Waals surface area contributed by atoms with Gasteiger partial charge in [0.2, 0.25) is 0 Å². The Morgan fingerprint density at radius 3 is 2.26 bits per heavy atom. The molecule has 34 heavy (non-hydrogen) atoms. The van der Waals surface area contributed by atoms with Crippen LogP contribution in [0, 0.1) is 11.3 Å². The molecule has 2 aromatic rings. The standard InChI is InChI=1S/C23H17BrClN3O6/c1-33-22(31)17-16(11-6-4-3-5-7-11)13(10-26)20(27)28(19(17)23(32)34-2)18-14(24)8-12(21(29)30)9-15(18)25/h3-9,16H,27H2,1-2H3,(H,29,30). The quantitative estimate of drug-likeness (QED) is 0.537. The first-order valence-electron chi connectivity index (χ1n) is 9.55. The van der Waals surface area contributed by atoms with E-state index in [-0.39, 0.29) is 43.4 Å². The highest BCUT2D eigenvalue weighted by Gasteiger charge is 2.44. The first-order valence-corrected chi connectivity index (χ1v) is 10.7. The molecule has 1 heterocycles. The van der Waals surface area contributed by atoms with Gasteiger partial charge in [0.05, 0.1) is 53.6 Å². The number of allylic oxidation sites excluding steroid dienone is 1. The number of carboxylic acids is 1. The van der Waals surface area contributed by atoms with Crippen LogP contribution in [-0.2, 0) is 19.1 Å². The lowest BCUT2D eigenvalue weighted by atomic mass is 9.81. The first-order chi connectivity index (χ1) is 16.2. The number of nitrogens with two attached hydrogens (primary N) is 1. The van der Waals surface area contributed by atoms with Crippen molar-refractivity contribution in [3.8, 4) is 6.07 Å². The Morgan fingerprint density at radius 2 is 1.76 bits per heavy atom. The predicted molar refractivity (Wildman–Crippen MR) is 126 cm³/mol. The van der Waals surface area contributed by atoms with Gasteiger partial charge in [0, 0.05) is 4.47 Å². The zero-order valence-electron chi connectivity index (χ0n) is 17.8. The lowest BCUT2D eigenvalue weighted by Crippen LogP contribution is -2.41. The average Bonchev–Trinajstić information content (AvgIpc) is 2.83. The fraction of sp³-hybridized carbons (Fsp3) is 0.130. The third-order valence-corrected chi connectivity index (χ3v) is 5.99. The van der Waals surface area contributed by atoms with Gasteiger partial charge in [-0.25, -0.2) is 14.4 Å². The lowest BCUT2D eigenvalue weighted by molar-refractivity contribution is -0.139. The van der Waals surface area contributed by atoms with Gasteiger partial charge in [-0.05, 0) is 33.6 Å². The van der Waals surface area contributed by atoms with E-state index in [1.54, 1.807) is 30.3 Å². The molecule has 0 amide bonds. The second-order valence-electron chi connectivity index (χ2n) is 6.93. The van der Waals surface area contributed by atoms with Crippen molar-refractivity contribution < 1.29 is 29.0 Å². The van der Waals surface area contributed by atoms with Crippen LogP contribution in [-0.4, -0.2) is 37.2 Å². The number of nitrogens with zero attached hydrogens (tertiary/aromatic N) is 2. The van der Waals surface area contributed by atoms with Crippen molar-refractivity contribution in [3.05, 3.63) is 85.8 Å². The molecule has 174 valence electrons. The third kappa shape index (κ3) is 4.23. The third-order valence-electron chi connectivity index (χ3n) is 5.10. The van der Waals surface area contributed by atoms with E-state index in [9.17, 15) is 24.8 Å². The van der Waals surface area contributed by atoms with Crippen molar-refractivity contribution in [1.82, 2.24) is 0 Å². The van der Waals surface area contributed by atoms with Gasteiger partial charge >= 0.3 is 17.9 Å². The molecular formula is C23H17BrClN3O6. The van der Waals surface area contributed by atoms with Gasteiger partial charge in [-0.1, -0.05) is 41.9 Å². The largest absolute Gasteiger partial charge is 0.478 e. The molecule has 2 aromatic carbocycles. The number of hydrogen-bond donors (Lipinski definition) is 2. The summed E-state index contributed by atoms with van der Waals surface area (Å²) in [5.41, 5.74) is 6.23. The van der Waals surface area contributed by atoms with E-state index in [1.807, 2.05) is 6.07 Å². The van der Waals surface area contributed by atoms with Crippen molar-refractivity contribution >= 4 is 51.1 Å². The van der Waals surface area contributed by atoms with Crippen LogP contribution in [0.5, 0.6) is 0 Å². The zero-order valence-corrected chi connectivity index (χ0v) is 20.2. The number of carbonyl (C=O) groups excluding carboxylic acids is 2. The molecule has 9 nitrogen and oxygen atoms in total. The van der Waals surface area contributed by atoms with Crippen LogP contribution in [0.2, 0.25) is 5.02 Å². The van der Waals surface area contributed by atoms with E-state index in [2.05, 4.69) is 15.9 Å². The second kappa shape index (κ2) is 9.99. The molecule has 3 N–H and O–H groups in total. The number of rotatable bonds is 5. The number of benzene rings is 2. The molecule has 3 rings (SSSR count). The van der Waals surface area contributed by atoms with Crippen molar-refractivity contribution in [2.24, 2.45) is 5.73 Å². The Bertz CT molecular complexity index is 1280. The van der Waals surface area contributed by atoms with Crippen molar-refractivity contribution in [3.63, 3.8) is 0 Å². The van der Waals surface area contributed by atoms with E-state index < -0.39 is 23.8 Å². The Hall–Kier alpha value is -3.81. The topological polar surface area (TPSA) is 143 Å². The van der Waals surface area contributed by atoms with Crippen molar-refractivity contribution in [2.75, 3.05) is 19.1 Å². The fourth-order valence-corrected chi connectivity index (χ4v) is 4.70. The van der Waals surface area contributed by atoms with Gasteiger partial charge in [-0.15, -0.1) is 0 Å². The average molecular weight is 547 g/mol. The summed E-state index contributed by atoms with van der Waals surface area (Å²) in [6.45, 7) is 0. The summed E-state index contributed by atoms with van der Waals surface area (Å²) in [5, 5.41) is 19.3. The highest BCUT2D eigenvalue weighted by atomic mass is 79.9. The molecule has 0 bridgehead atoms. The number of ether oxygens (including phenoxy) is 2. The van der Waals surface area contributed by atoms with Gasteiger partial charge in [0.1, 0.15) is 11.5 Å². The van der Waals surface area contributed by atoms with Gasteiger partial charge in [-0.2, -0.15) is 5.26 Å². The number of carbonyl (C=O) groups is 3. The van der Waals surface area contributed by atoms with Crippen molar-refractivity contribution in [2.45, 2.75) is 5.92 Å². The Kier molecular flexibility index (Phi) is 7.29. The lowest BCUT2D eigenvalue weighted by Gasteiger charge is -2.36.